The van der Waals surface area contributed by atoms with Gasteiger partial charge in [-0.15, -0.1) is 0 Å². The predicted octanol–water partition coefficient (Wildman–Crippen LogP) is 1.72. The minimum absolute atomic E-state index is 0.0201. The van der Waals surface area contributed by atoms with Crippen LogP contribution in [-0.2, 0) is 26.0 Å². The Morgan fingerprint density at radius 1 is 1.12 bits per heavy atom. The zero-order valence-corrected chi connectivity index (χ0v) is 15.2. The number of anilines is 2. The third-order valence-corrected chi connectivity index (χ3v) is 5.62. The molecule has 2 amide bonds. The standard InChI is InChI=1S/C18H19N3O4S/c1-11-3-4-14(7-12(11)2)20-18(23)10-19-26(24,25)15-5-6-16-13(8-15)9-17(22)21-16/h3-8,19H,9-10H2,1-2H3,(H,20,23)(H,21,22). The van der Waals surface area contributed by atoms with Gasteiger partial charge in [-0.2, -0.15) is 0 Å². The second-order valence-corrected chi connectivity index (χ2v) is 7.98. The summed E-state index contributed by atoms with van der Waals surface area (Å²) in [6.07, 6.45) is 0.145. The van der Waals surface area contributed by atoms with Gasteiger partial charge >= 0.3 is 0 Å². The number of hydrogen-bond acceptors (Lipinski definition) is 4. The fraction of sp³-hybridized carbons (Fsp3) is 0.222. The van der Waals surface area contributed by atoms with Crippen molar-refractivity contribution in [2.45, 2.75) is 25.2 Å². The zero-order chi connectivity index (χ0) is 18.9. The Labute approximate surface area is 151 Å². The van der Waals surface area contributed by atoms with E-state index in [9.17, 15) is 18.0 Å². The van der Waals surface area contributed by atoms with Gasteiger partial charge in [0.05, 0.1) is 17.9 Å². The fourth-order valence-electron chi connectivity index (χ4n) is 2.64. The van der Waals surface area contributed by atoms with E-state index in [1.165, 1.54) is 12.1 Å². The first-order valence-electron chi connectivity index (χ1n) is 8.04. The van der Waals surface area contributed by atoms with Gasteiger partial charge in [-0.3, -0.25) is 9.59 Å². The van der Waals surface area contributed by atoms with E-state index < -0.39 is 15.9 Å². The number of fused-ring (bicyclic) bond motifs is 1. The van der Waals surface area contributed by atoms with Crippen molar-refractivity contribution in [1.29, 1.82) is 0 Å². The molecule has 26 heavy (non-hydrogen) atoms. The zero-order valence-electron chi connectivity index (χ0n) is 14.4. The van der Waals surface area contributed by atoms with Crippen LogP contribution in [0.15, 0.2) is 41.3 Å². The summed E-state index contributed by atoms with van der Waals surface area (Å²) in [4.78, 5) is 23.4. The van der Waals surface area contributed by atoms with Crippen molar-refractivity contribution in [3.05, 3.63) is 53.1 Å². The molecule has 0 saturated carbocycles. The molecule has 136 valence electrons. The minimum atomic E-state index is -3.85. The highest BCUT2D eigenvalue weighted by atomic mass is 32.2. The normalized spacial score (nSPS) is 13.2. The number of carbonyl (C=O) groups is 2. The van der Waals surface area contributed by atoms with Gasteiger partial charge in [0.1, 0.15) is 0 Å². The van der Waals surface area contributed by atoms with Crippen molar-refractivity contribution in [3.8, 4) is 0 Å². The van der Waals surface area contributed by atoms with Gasteiger partial charge in [-0.1, -0.05) is 6.07 Å². The molecule has 2 aromatic carbocycles. The van der Waals surface area contributed by atoms with Crippen LogP contribution in [0.4, 0.5) is 11.4 Å². The van der Waals surface area contributed by atoms with Crippen LogP contribution in [0, 0.1) is 13.8 Å². The average molecular weight is 373 g/mol. The van der Waals surface area contributed by atoms with Crippen molar-refractivity contribution >= 4 is 33.2 Å². The quantitative estimate of drug-likeness (QED) is 0.742. The number of nitrogens with one attached hydrogen (secondary N) is 3. The van der Waals surface area contributed by atoms with Crippen LogP contribution >= 0.6 is 0 Å². The highest BCUT2D eigenvalue weighted by Crippen LogP contribution is 2.25. The molecule has 3 rings (SSSR count). The van der Waals surface area contributed by atoms with E-state index in [4.69, 9.17) is 0 Å². The van der Waals surface area contributed by atoms with Crippen molar-refractivity contribution < 1.29 is 18.0 Å². The lowest BCUT2D eigenvalue weighted by Crippen LogP contribution is -2.33. The molecule has 1 aliphatic rings. The highest BCUT2D eigenvalue weighted by Gasteiger charge is 2.22. The monoisotopic (exact) mass is 373 g/mol. The number of benzene rings is 2. The Kier molecular flexibility index (Phi) is 4.80. The smallest absolute Gasteiger partial charge is 0.241 e. The molecule has 0 saturated heterocycles. The molecule has 2 aromatic rings. The molecular formula is C18H19N3O4S. The van der Waals surface area contributed by atoms with E-state index in [0.717, 1.165) is 11.1 Å². The molecule has 8 heteroatoms. The van der Waals surface area contributed by atoms with Crippen LogP contribution in [-0.4, -0.2) is 26.8 Å². The first-order valence-corrected chi connectivity index (χ1v) is 9.52. The molecule has 0 aromatic heterocycles. The summed E-state index contributed by atoms with van der Waals surface area (Å²) in [5.41, 5.74) is 3.98. The largest absolute Gasteiger partial charge is 0.326 e. The summed E-state index contributed by atoms with van der Waals surface area (Å²) in [5.74, 6) is -0.634. The molecule has 7 nitrogen and oxygen atoms in total. The van der Waals surface area contributed by atoms with Gasteiger partial charge in [0.15, 0.2) is 0 Å². The minimum Gasteiger partial charge on any atom is -0.326 e. The first-order chi connectivity index (χ1) is 12.2. The van der Waals surface area contributed by atoms with Crippen LogP contribution in [0.2, 0.25) is 0 Å². The Hall–Kier alpha value is -2.71. The van der Waals surface area contributed by atoms with Crippen LogP contribution < -0.4 is 15.4 Å². The predicted molar refractivity (Wildman–Crippen MR) is 98.5 cm³/mol. The second kappa shape index (κ2) is 6.89. The lowest BCUT2D eigenvalue weighted by molar-refractivity contribution is -0.115. The third-order valence-electron chi connectivity index (χ3n) is 4.23. The molecular weight excluding hydrogens is 354 g/mol. The van der Waals surface area contributed by atoms with Crippen LogP contribution in [0.25, 0.3) is 0 Å². The molecule has 1 heterocycles. The summed E-state index contributed by atoms with van der Waals surface area (Å²) >= 11 is 0. The molecule has 0 radical (unpaired) electrons. The van der Waals surface area contributed by atoms with Gasteiger partial charge in [-0.25, -0.2) is 13.1 Å². The van der Waals surface area contributed by atoms with Crippen LogP contribution in [0.1, 0.15) is 16.7 Å². The Bertz CT molecular complexity index is 999. The summed E-state index contributed by atoms with van der Waals surface area (Å²) < 4.78 is 27.0. The summed E-state index contributed by atoms with van der Waals surface area (Å²) in [5, 5.41) is 5.30. The summed E-state index contributed by atoms with van der Waals surface area (Å²) in [6, 6.07) is 9.86. The molecule has 0 atom stereocenters. The van der Waals surface area contributed by atoms with Crippen LogP contribution in [0.5, 0.6) is 0 Å². The van der Waals surface area contributed by atoms with E-state index in [1.807, 2.05) is 26.0 Å². The van der Waals surface area contributed by atoms with Crippen LogP contribution in [0.3, 0.4) is 0 Å². The third kappa shape index (κ3) is 3.92. The number of aryl methyl sites for hydroxylation is 2. The number of rotatable bonds is 5. The van der Waals surface area contributed by atoms with E-state index in [1.54, 1.807) is 12.1 Å². The Morgan fingerprint density at radius 2 is 1.88 bits per heavy atom. The number of amides is 2. The van der Waals surface area contributed by atoms with E-state index >= 15 is 0 Å². The maximum atomic E-state index is 12.4. The molecule has 0 aliphatic carbocycles. The first kappa shape index (κ1) is 18.1. The van der Waals surface area contributed by atoms with Gasteiger partial charge in [-0.05, 0) is 60.9 Å². The Morgan fingerprint density at radius 3 is 2.62 bits per heavy atom. The van der Waals surface area contributed by atoms with Gasteiger partial charge in [0, 0.05) is 11.4 Å². The molecule has 1 aliphatic heterocycles. The molecule has 3 N–H and O–H groups in total. The van der Waals surface area contributed by atoms with Gasteiger partial charge in [0.2, 0.25) is 21.8 Å². The number of carbonyl (C=O) groups excluding carboxylic acids is 2. The average Bonchev–Trinajstić information content (AvgIpc) is 2.95. The fourth-order valence-corrected chi connectivity index (χ4v) is 3.67. The van der Waals surface area contributed by atoms with E-state index in [2.05, 4.69) is 15.4 Å². The highest BCUT2D eigenvalue weighted by molar-refractivity contribution is 7.89. The van der Waals surface area contributed by atoms with Crippen molar-refractivity contribution in [1.82, 2.24) is 4.72 Å². The Balaban J connectivity index is 1.64. The molecule has 0 unspecified atom stereocenters. The van der Waals surface area contributed by atoms with Crippen molar-refractivity contribution in [3.63, 3.8) is 0 Å². The topological polar surface area (TPSA) is 104 Å². The summed E-state index contributed by atoms with van der Waals surface area (Å²) in [6.45, 7) is 3.51. The van der Waals surface area contributed by atoms with Gasteiger partial charge in [0.25, 0.3) is 0 Å². The number of hydrogen-bond donors (Lipinski definition) is 3. The molecule has 0 bridgehead atoms. The summed E-state index contributed by atoms with van der Waals surface area (Å²) in [7, 11) is -3.85. The maximum absolute atomic E-state index is 12.4. The molecule has 0 fully saturated rings. The maximum Gasteiger partial charge on any atom is 0.241 e. The SMILES string of the molecule is Cc1ccc(NC(=O)CNS(=O)(=O)c2ccc3c(c2)CC(=O)N3)cc1C. The molecule has 0 spiro atoms. The lowest BCUT2D eigenvalue weighted by Gasteiger charge is -2.10. The van der Waals surface area contributed by atoms with Crippen molar-refractivity contribution in [2.24, 2.45) is 0 Å². The lowest BCUT2D eigenvalue weighted by atomic mass is 10.1. The van der Waals surface area contributed by atoms with E-state index in [-0.39, 0.29) is 23.8 Å². The number of sulfonamides is 1. The van der Waals surface area contributed by atoms with Gasteiger partial charge < -0.3 is 10.6 Å². The van der Waals surface area contributed by atoms with Crippen molar-refractivity contribution in [2.75, 3.05) is 17.2 Å². The van der Waals surface area contributed by atoms with E-state index in [0.29, 0.717) is 16.9 Å². The second-order valence-electron chi connectivity index (χ2n) is 6.22.